The zero-order valence-corrected chi connectivity index (χ0v) is 15.3. The molecule has 3 aromatic rings. The second kappa shape index (κ2) is 6.49. The summed E-state index contributed by atoms with van der Waals surface area (Å²) in [5.41, 5.74) is -0.566. The van der Waals surface area contributed by atoms with Gasteiger partial charge in [-0.15, -0.1) is 0 Å². The van der Waals surface area contributed by atoms with Gasteiger partial charge in [-0.3, -0.25) is 9.59 Å². The van der Waals surface area contributed by atoms with Gasteiger partial charge in [-0.05, 0) is 42.5 Å². The van der Waals surface area contributed by atoms with Crippen molar-refractivity contribution < 1.29 is 14.7 Å². The van der Waals surface area contributed by atoms with Crippen LogP contribution in [0.25, 0.3) is 5.69 Å². The highest BCUT2D eigenvalue weighted by Crippen LogP contribution is 2.46. The number of benzene rings is 2. The minimum absolute atomic E-state index is 0.128. The Hall–Kier alpha value is -2.67. The van der Waals surface area contributed by atoms with Crippen LogP contribution in [0.2, 0.25) is 10.0 Å². The Labute approximate surface area is 164 Å². The van der Waals surface area contributed by atoms with Crippen LogP contribution < -0.4 is 5.32 Å². The molecule has 27 heavy (non-hydrogen) atoms. The van der Waals surface area contributed by atoms with Crippen molar-refractivity contribution in [1.82, 2.24) is 9.78 Å². The minimum Gasteiger partial charge on any atom is -0.375 e. The van der Waals surface area contributed by atoms with E-state index in [1.54, 1.807) is 47.4 Å². The number of nitrogens with zero attached hydrogens (tertiary/aromatic N) is 2. The lowest BCUT2D eigenvalue weighted by atomic mass is 9.88. The van der Waals surface area contributed by atoms with Gasteiger partial charge >= 0.3 is 0 Å². The number of Topliss-reactive ketones (excluding diaryl/α,β-unsaturated/α-hetero) is 1. The molecule has 136 valence electrons. The summed E-state index contributed by atoms with van der Waals surface area (Å²) in [6.45, 7) is 0. The quantitative estimate of drug-likeness (QED) is 0.654. The van der Waals surface area contributed by atoms with Gasteiger partial charge in [0.15, 0.2) is 11.4 Å². The van der Waals surface area contributed by atoms with Crippen molar-refractivity contribution in [3.05, 3.63) is 76.0 Å². The molecule has 1 aliphatic heterocycles. The maximum absolute atomic E-state index is 12.7. The summed E-state index contributed by atoms with van der Waals surface area (Å²) >= 11 is 12.2. The van der Waals surface area contributed by atoms with Crippen LogP contribution in [-0.2, 0) is 10.4 Å². The summed E-state index contributed by atoms with van der Waals surface area (Å²) in [5.74, 6) is -1.13. The Kier molecular flexibility index (Phi) is 4.26. The first-order chi connectivity index (χ1) is 12.9. The monoisotopic (exact) mass is 401 g/mol. The van der Waals surface area contributed by atoms with Crippen molar-refractivity contribution in [2.45, 2.75) is 12.0 Å². The molecule has 2 N–H and O–H groups in total. The third-order valence-corrected chi connectivity index (χ3v) is 5.14. The van der Waals surface area contributed by atoms with Gasteiger partial charge in [0, 0.05) is 28.5 Å². The highest BCUT2D eigenvalue weighted by molar-refractivity contribution is 6.38. The molecule has 2 aromatic carbocycles. The molecule has 0 aliphatic carbocycles. The van der Waals surface area contributed by atoms with E-state index in [1.807, 2.05) is 0 Å². The molecule has 1 aliphatic rings. The third kappa shape index (κ3) is 2.92. The van der Waals surface area contributed by atoms with Crippen LogP contribution >= 0.6 is 23.2 Å². The fourth-order valence-electron chi connectivity index (χ4n) is 3.13. The van der Waals surface area contributed by atoms with Crippen molar-refractivity contribution in [2.24, 2.45) is 0 Å². The van der Waals surface area contributed by atoms with Crippen LogP contribution in [-0.4, -0.2) is 26.6 Å². The topological polar surface area (TPSA) is 84.2 Å². The number of nitrogens with one attached hydrogen (secondary N) is 1. The average molecular weight is 402 g/mol. The van der Waals surface area contributed by atoms with Crippen molar-refractivity contribution in [1.29, 1.82) is 0 Å². The molecule has 0 spiro atoms. The Morgan fingerprint density at radius 3 is 2.52 bits per heavy atom. The van der Waals surface area contributed by atoms with Crippen LogP contribution in [0.1, 0.15) is 22.3 Å². The number of rotatable bonds is 4. The predicted octanol–water partition coefficient (Wildman–Crippen LogP) is 3.59. The molecule has 0 saturated carbocycles. The Morgan fingerprint density at radius 1 is 1.15 bits per heavy atom. The summed E-state index contributed by atoms with van der Waals surface area (Å²) in [6.07, 6.45) is 2.98. The number of aromatic nitrogens is 2. The fraction of sp³-hybridized carbons (Fsp3) is 0.105. The van der Waals surface area contributed by atoms with Crippen molar-refractivity contribution >= 4 is 40.6 Å². The van der Waals surface area contributed by atoms with Gasteiger partial charge in [-0.2, -0.15) is 5.10 Å². The normalized spacial score (nSPS) is 18.3. The molecule has 2 heterocycles. The summed E-state index contributed by atoms with van der Waals surface area (Å²) in [5, 5.41) is 18.0. The number of hydrogen-bond acceptors (Lipinski definition) is 4. The molecule has 0 bridgehead atoms. The molecule has 0 unspecified atom stereocenters. The molecule has 8 heteroatoms. The summed E-state index contributed by atoms with van der Waals surface area (Å²) in [7, 11) is 0. The highest BCUT2D eigenvalue weighted by Gasteiger charge is 2.49. The van der Waals surface area contributed by atoms with Gasteiger partial charge < -0.3 is 10.4 Å². The van der Waals surface area contributed by atoms with Gasteiger partial charge in [0.2, 0.25) is 0 Å². The number of amides is 1. The highest BCUT2D eigenvalue weighted by atomic mass is 35.5. The van der Waals surface area contributed by atoms with Gasteiger partial charge in [0.1, 0.15) is 0 Å². The van der Waals surface area contributed by atoms with E-state index in [4.69, 9.17) is 23.2 Å². The van der Waals surface area contributed by atoms with E-state index in [0.29, 0.717) is 5.56 Å². The lowest BCUT2D eigenvalue weighted by Crippen LogP contribution is -2.36. The van der Waals surface area contributed by atoms with E-state index in [0.717, 1.165) is 5.69 Å². The van der Waals surface area contributed by atoms with Gasteiger partial charge in [-0.25, -0.2) is 4.68 Å². The number of fused-ring (bicyclic) bond motifs is 1. The molecule has 0 radical (unpaired) electrons. The number of carbonyl (C=O) groups excluding carboxylic acids is 2. The number of ketones is 1. The van der Waals surface area contributed by atoms with Crippen LogP contribution in [0.5, 0.6) is 0 Å². The van der Waals surface area contributed by atoms with Crippen molar-refractivity contribution in [3.63, 3.8) is 0 Å². The average Bonchev–Trinajstić information content (AvgIpc) is 3.27. The molecule has 4 rings (SSSR count). The largest absolute Gasteiger partial charge is 0.375 e. The van der Waals surface area contributed by atoms with Crippen LogP contribution in [0.3, 0.4) is 0 Å². The first kappa shape index (κ1) is 17.7. The van der Waals surface area contributed by atoms with Crippen LogP contribution in [0, 0.1) is 0 Å². The summed E-state index contributed by atoms with van der Waals surface area (Å²) in [6, 6.07) is 11.5. The summed E-state index contributed by atoms with van der Waals surface area (Å²) in [4.78, 5) is 25.1. The second-order valence-corrected chi connectivity index (χ2v) is 7.01. The first-order valence-electron chi connectivity index (χ1n) is 8.06. The number of aliphatic hydroxyl groups is 1. The maximum atomic E-state index is 12.7. The number of carbonyl (C=O) groups is 2. The zero-order chi connectivity index (χ0) is 19.2. The van der Waals surface area contributed by atoms with Gasteiger partial charge in [-0.1, -0.05) is 23.2 Å². The fourth-order valence-corrected chi connectivity index (χ4v) is 3.65. The van der Waals surface area contributed by atoms with E-state index in [2.05, 4.69) is 10.4 Å². The maximum Gasteiger partial charge on any atom is 0.261 e. The molecule has 0 fully saturated rings. The van der Waals surface area contributed by atoms with Crippen LogP contribution in [0.4, 0.5) is 5.69 Å². The van der Waals surface area contributed by atoms with E-state index < -0.39 is 23.7 Å². The third-order valence-electron chi connectivity index (χ3n) is 4.51. The lowest BCUT2D eigenvalue weighted by molar-refractivity contribution is -0.133. The molecular formula is C19H13Cl2N3O3. The Balaban J connectivity index is 1.64. The molecule has 1 atom stereocenters. The standard InChI is InChI=1S/C19H13Cl2N3O3/c20-13-6-7-14(21)17-16(13)19(27,18(26)23-17)10-15(25)11-2-4-12(5-3-11)24-9-1-8-22-24/h1-9,27H,10H2,(H,23,26)/t19-/m0/s1. The van der Waals surface area contributed by atoms with Gasteiger partial charge in [0.05, 0.1) is 22.8 Å². The minimum atomic E-state index is -2.07. The Morgan fingerprint density at radius 2 is 1.85 bits per heavy atom. The second-order valence-electron chi connectivity index (χ2n) is 6.19. The molecule has 1 aromatic heterocycles. The van der Waals surface area contributed by atoms with E-state index in [9.17, 15) is 14.7 Å². The van der Waals surface area contributed by atoms with Crippen molar-refractivity contribution in [2.75, 3.05) is 5.32 Å². The lowest BCUT2D eigenvalue weighted by Gasteiger charge is -2.21. The van der Waals surface area contributed by atoms with E-state index >= 15 is 0 Å². The predicted molar refractivity (Wildman–Crippen MR) is 102 cm³/mol. The zero-order valence-electron chi connectivity index (χ0n) is 13.8. The van der Waals surface area contributed by atoms with Crippen molar-refractivity contribution in [3.8, 4) is 5.69 Å². The molecule has 0 saturated heterocycles. The molecule has 1 amide bonds. The number of anilines is 1. The SMILES string of the molecule is O=C(C[C@@]1(O)C(=O)Nc2c(Cl)ccc(Cl)c21)c1ccc(-n2cccn2)cc1. The number of hydrogen-bond donors (Lipinski definition) is 2. The Bertz CT molecular complexity index is 1050. The van der Waals surface area contributed by atoms with Crippen LogP contribution in [0.15, 0.2) is 54.9 Å². The first-order valence-corrected chi connectivity index (χ1v) is 8.81. The van der Waals surface area contributed by atoms with E-state index in [-0.39, 0.29) is 21.3 Å². The molecular weight excluding hydrogens is 389 g/mol. The number of halogens is 2. The molecule has 6 nitrogen and oxygen atoms in total. The smallest absolute Gasteiger partial charge is 0.261 e. The van der Waals surface area contributed by atoms with Gasteiger partial charge in [0.25, 0.3) is 5.91 Å². The summed E-state index contributed by atoms with van der Waals surface area (Å²) < 4.78 is 1.66. The van der Waals surface area contributed by atoms with E-state index in [1.165, 1.54) is 12.1 Å².